The largest absolute Gasteiger partial charge is 0.495 e. The summed E-state index contributed by atoms with van der Waals surface area (Å²) in [6.07, 6.45) is 4.18. The molecule has 1 aromatic carbocycles. The van der Waals surface area contributed by atoms with Crippen molar-refractivity contribution in [2.75, 3.05) is 12.4 Å². The van der Waals surface area contributed by atoms with Crippen LogP contribution < -0.4 is 10.1 Å². The monoisotopic (exact) mass is 255 g/mol. The molecule has 1 N–H and O–H groups in total. The molecule has 1 heterocycles. The van der Waals surface area contributed by atoms with E-state index in [0.29, 0.717) is 11.3 Å². The summed E-state index contributed by atoms with van der Waals surface area (Å²) in [5, 5.41) is 12.2. The van der Waals surface area contributed by atoms with Gasteiger partial charge in [0.1, 0.15) is 5.75 Å². The first kappa shape index (κ1) is 13.0. The fourth-order valence-corrected chi connectivity index (χ4v) is 1.90. The SMILES string of the molecule is CCn1ccc(CNc2ccc(C#N)cc2OC)c1. The maximum Gasteiger partial charge on any atom is 0.143 e. The molecule has 4 nitrogen and oxygen atoms in total. The molecular formula is C15H17N3O. The van der Waals surface area contributed by atoms with E-state index >= 15 is 0 Å². The van der Waals surface area contributed by atoms with Gasteiger partial charge in [0.05, 0.1) is 24.4 Å². The van der Waals surface area contributed by atoms with Gasteiger partial charge in [-0.2, -0.15) is 5.26 Å². The summed E-state index contributed by atoms with van der Waals surface area (Å²) < 4.78 is 7.42. The quantitative estimate of drug-likeness (QED) is 0.893. The summed E-state index contributed by atoms with van der Waals surface area (Å²) in [5.74, 6) is 0.689. The van der Waals surface area contributed by atoms with Crippen LogP contribution in [0.5, 0.6) is 5.75 Å². The molecule has 0 saturated heterocycles. The highest BCUT2D eigenvalue weighted by molar-refractivity contribution is 5.59. The summed E-state index contributed by atoms with van der Waals surface area (Å²) in [6, 6.07) is 9.58. The van der Waals surface area contributed by atoms with Gasteiger partial charge in [-0.25, -0.2) is 0 Å². The molecule has 0 saturated carbocycles. The average molecular weight is 255 g/mol. The van der Waals surface area contributed by atoms with Crippen LogP contribution in [0.3, 0.4) is 0 Å². The van der Waals surface area contributed by atoms with Crippen LogP contribution in [0, 0.1) is 11.3 Å². The third-order valence-electron chi connectivity index (χ3n) is 2.99. The highest BCUT2D eigenvalue weighted by atomic mass is 16.5. The van der Waals surface area contributed by atoms with Gasteiger partial charge < -0.3 is 14.6 Å². The molecule has 0 spiro atoms. The second-order valence-electron chi connectivity index (χ2n) is 4.23. The Kier molecular flexibility index (Phi) is 4.09. The Morgan fingerprint density at radius 1 is 1.37 bits per heavy atom. The Hall–Kier alpha value is -2.41. The van der Waals surface area contributed by atoms with Crippen molar-refractivity contribution in [2.24, 2.45) is 0 Å². The molecular weight excluding hydrogens is 238 g/mol. The van der Waals surface area contributed by atoms with E-state index < -0.39 is 0 Å². The minimum absolute atomic E-state index is 0.597. The molecule has 0 aliphatic heterocycles. The van der Waals surface area contributed by atoms with E-state index in [1.807, 2.05) is 6.07 Å². The fourth-order valence-electron chi connectivity index (χ4n) is 1.90. The van der Waals surface area contributed by atoms with E-state index in [9.17, 15) is 0 Å². The number of aromatic nitrogens is 1. The highest BCUT2D eigenvalue weighted by Gasteiger charge is 2.04. The maximum absolute atomic E-state index is 8.86. The highest BCUT2D eigenvalue weighted by Crippen LogP contribution is 2.25. The average Bonchev–Trinajstić information content (AvgIpc) is 2.92. The van der Waals surface area contributed by atoms with Crippen LogP contribution in [-0.2, 0) is 13.1 Å². The minimum atomic E-state index is 0.597. The minimum Gasteiger partial charge on any atom is -0.495 e. The zero-order chi connectivity index (χ0) is 13.7. The Morgan fingerprint density at radius 3 is 2.84 bits per heavy atom. The molecule has 1 aromatic heterocycles. The predicted molar refractivity (Wildman–Crippen MR) is 75.1 cm³/mol. The number of nitriles is 1. The van der Waals surface area contributed by atoms with Crippen molar-refractivity contribution < 1.29 is 4.74 Å². The van der Waals surface area contributed by atoms with Crippen LogP contribution in [0.25, 0.3) is 0 Å². The van der Waals surface area contributed by atoms with Gasteiger partial charge in [-0.1, -0.05) is 0 Å². The number of anilines is 1. The third kappa shape index (κ3) is 3.08. The Morgan fingerprint density at radius 2 is 2.21 bits per heavy atom. The van der Waals surface area contributed by atoms with Crippen LogP contribution in [-0.4, -0.2) is 11.7 Å². The molecule has 0 amide bonds. The molecule has 0 radical (unpaired) electrons. The topological polar surface area (TPSA) is 50.0 Å². The smallest absolute Gasteiger partial charge is 0.143 e. The lowest BCUT2D eigenvalue weighted by Crippen LogP contribution is -2.01. The number of hydrogen-bond donors (Lipinski definition) is 1. The maximum atomic E-state index is 8.86. The number of nitrogens with one attached hydrogen (secondary N) is 1. The Balaban J connectivity index is 2.08. The van der Waals surface area contributed by atoms with Gasteiger partial charge in [-0.15, -0.1) is 0 Å². The van der Waals surface area contributed by atoms with Crippen LogP contribution in [0.15, 0.2) is 36.7 Å². The molecule has 4 heteroatoms. The molecule has 0 bridgehead atoms. The van der Waals surface area contributed by atoms with E-state index in [4.69, 9.17) is 10.00 Å². The van der Waals surface area contributed by atoms with Crippen LogP contribution >= 0.6 is 0 Å². The molecule has 0 unspecified atom stereocenters. The van der Waals surface area contributed by atoms with Crippen LogP contribution in [0.1, 0.15) is 18.1 Å². The van der Waals surface area contributed by atoms with E-state index in [1.54, 1.807) is 19.2 Å². The Labute approximate surface area is 113 Å². The lowest BCUT2D eigenvalue weighted by Gasteiger charge is -2.10. The molecule has 98 valence electrons. The van der Waals surface area contributed by atoms with E-state index in [1.165, 1.54) is 5.56 Å². The van der Waals surface area contributed by atoms with Crippen molar-refractivity contribution in [3.05, 3.63) is 47.8 Å². The molecule has 0 aliphatic carbocycles. The number of methoxy groups -OCH3 is 1. The van der Waals surface area contributed by atoms with E-state index in [-0.39, 0.29) is 0 Å². The molecule has 2 rings (SSSR count). The number of ether oxygens (including phenoxy) is 1. The van der Waals surface area contributed by atoms with Crippen molar-refractivity contribution in [3.63, 3.8) is 0 Å². The Bertz CT molecular complexity index is 596. The lowest BCUT2D eigenvalue weighted by atomic mass is 10.2. The predicted octanol–water partition coefficient (Wildman–Crippen LogP) is 3.00. The fraction of sp³-hybridized carbons (Fsp3) is 0.267. The number of benzene rings is 1. The van der Waals surface area contributed by atoms with Crippen LogP contribution in [0.4, 0.5) is 5.69 Å². The lowest BCUT2D eigenvalue weighted by molar-refractivity contribution is 0.416. The molecule has 19 heavy (non-hydrogen) atoms. The van der Waals surface area contributed by atoms with Crippen molar-refractivity contribution >= 4 is 5.69 Å². The zero-order valence-electron chi connectivity index (χ0n) is 11.2. The van der Waals surface area contributed by atoms with Gasteiger partial charge in [0.25, 0.3) is 0 Å². The second kappa shape index (κ2) is 5.96. The molecule has 0 atom stereocenters. The van der Waals surface area contributed by atoms with E-state index in [0.717, 1.165) is 18.8 Å². The van der Waals surface area contributed by atoms with Gasteiger partial charge in [-0.3, -0.25) is 0 Å². The summed E-state index contributed by atoms with van der Waals surface area (Å²) in [7, 11) is 1.61. The van der Waals surface area contributed by atoms with Gasteiger partial charge >= 0.3 is 0 Å². The van der Waals surface area contributed by atoms with Crippen molar-refractivity contribution in [3.8, 4) is 11.8 Å². The van der Waals surface area contributed by atoms with Crippen molar-refractivity contribution in [1.29, 1.82) is 5.26 Å². The van der Waals surface area contributed by atoms with Crippen molar-refractivity contribution in [1.82, 2.24) is 4.57 Å². The summed E-state index contributed by atoms with van der Waals surface area (Å²) >= 11 is 0. The number of aryl methyl sites for hydroxylation is 1. The van der Waals surface area contributed by atoms with Gasteiger partial charge in [0.2, 0.25) is 0 Å². The van der Waals surface area contributed by atoms with Gasteiger partial charge in [0.15, 0.2) is 0 Å². The second-order valence-corrected chi connectivity index (χ2v) is 4.23. The zero-order valence-corrected chi connectivity index (χ0v) is 11.2. The summed E-state index contributed by atoms with van der Waals surface area (Å²) in [5.41, 5.74) is 2.71. The molecule has 2 aromatic rings. The number of nitrogens with zero attached hydrogens (tertiary/aromatic N) is 2. The first-order valence-corrected chi connectivity index (χ1v) is 6.23. The van der Waals surface area contributed by atoms with Gasteiger partial charge in [-0.05, 0) is 30.7 Å². The van der Waals surface area contributed by atoms with E-state index in [2.05, 4.69) is 41.3 Å². The first-order chi connectivity index (χ1) is 9.26. The van der Waals surface area contributed by atoms with Crippen molar-refractivity contribution in [2.45, 2.75) is 20.0 Å². The number of rotatable bonds is 5. The first-order valence-electron chi connectivity index (χ1n) is 6.23. The summed E-state index contributed by atoms with van der Waals surface area (Å²) in [6.45, 7) is 3.82. The summed E-state index contributed by atoms with van der Waals surface area (Å²) in [4.78, 5) is 0. The standard InChI is InChI=1S/C15H17N3O/c1-3-18-7-6-13(11-18)10-17-14-5-4-12(9-16)8-15(14)19-2/h4-8,11,17H,3,10H2,1-2H3. The van der Waals surface area contributed by atoms with Crippen LogP contribution in [0.2, 0.25) is 0 Å². The number of hydrogen-bond acceptors (Lipinski definition) is 3. The third-order valence-corrected chi connectivity index (χ3v) is 2.99. The normalized spacial score (nSPS) is 9.95. The molecule has 0 fully saturated rings. The van der Waals surface area contributed by atoms with Gasteiger partial charge in [0, 0.05) is 31.5 Å². The molecule has 0 aliphatic rings.